The molecule has 0 aliphatic heterocycles. The SMILES string of the molecule is CC(C)N(CCC(=O)O)C(=O)NCC1(C)CCC1. The summed E-state index contributed by atoms with van der Waals surface area (Å²) in [6.07, 6.45) is 3.54. The molecule has 0 radical (unpaired) electrons. The van der Waals surface area contributed by atoms with Crippen LogP contribution in [0.15, 0.2) is 0 Å². The highest BCUT2D eigenvalue weighted by Gasteiger charge is 2.32. The van der Waals surface area contributed by atoms with E-state index >= 15 is 0 Å². The highest BCUT2D eigenvalue weighted by Crippen LogP contribution is 2.39. The second-order valence-corrected chi connectivity index (χ2v) is 5.75. The minimum atomic E-state index is -0.876. The Balaban J connectivity index is 2.41. The molecule has 18 heavy (non-hydrogen) atoms. The summed E-state index contributed by atoms with van der Waals surface area (Å²) in [5.74, 6) is -0.876. The first-order valence-corrected chi connectivity index (χ1v) is 6.60. The zero-order valence-electron chi connectivity index (χ0n) is 11.5. The molecule has 1 saturated carbocycles. The van der Waals surface area contributed by atoms with Gasteiger partial charge >= 0.3 is 12.0 Å². The zero-order valence-corrected chi connectivity index (χ0v) is 11.5. The van der Waals surface area contributed by atoms with Crippen molar-refractivity contribution < 1.29 is 14.7 Å². The molecular formula is C13H24N2O3. The van der Waals surface area contributed by atoms with E-state index in [1.165, 1.54) is 6.42 Å². The summed E-state index contributed by atoms with van der Waals surface area (Å²) in [7, 11) is 0. The molecule has 0 atom stereocenters. The van der Waals surface area contributed by atoms with Gasteiger partial charge in [0.1, 0.15) is 0 Å². The van der Waals surface area contributed by atoms with Crippen molar-refractivity contribution in [3.63, 3.8) is 0 Å². The fourth-order valence-electron chi connectivity index (χ4n) is 2.16. The van der Waals surface area contributed by atoms with E-state index in [-0.39, 0.29) is 30.5 Å². The lowest BCUT2D eigenvalue weighted by Crippen LogP contribution is -2.48. The average Bonchev–Trinajstić information content (AvgIpc) is 2.23. The molecule has 0 heterocycles. The lowest BCUT2D eigenvalue weighted by molar-refractivity contribution is -0.137. The Kier molecular flexibility index (Phi) is 4.99. The van der Waals surface area contributed by atoms with Crippen LogP contribution < -0.4 is 5.32 Å². The Morgan fingerprint density at radius 1 is 1.39 bits per heavy atom. The van der Waals surface area contributed by atoms with E-state index in [0.29, 0.717) is 6.54 Å². The van der Waals surface area contributed by atoms with Crippen LogP contribution in [0.2, 0.25) is 0 Å². The summed E-state index contributed by atoms with van der Waals surface area (Å²) in [5.41, 5.74) is 0.241. The van der Waals surface area contributed by atoms with Gasteiger partial charge in [-0.3, -0.25) is 4.79 Å². The van der Waals surface area contributed by atoms with Gasteiger partial charge in [-0.15, -0.1) is 0 Å². The number of aliphatic carboxylic acids is 1. The van der Waals surface area contributed by atoms with Crippen molar-refractivity contribution in [2.24, 2.45) is 5.41 Å². The Hall–Kier alpha value is -1.26. The summed E-state index contributed by atoms with van der Waals surface area (Å²) in [6, 6.07) is -0.141. The van der Waals surface area contributed by atoms with Crippen molar-refractivity contribution in [2.45, 2.75) is 52.5 Å². The van der Waals surface area contributed by atoms with E-state index in [4.69, 9.17) is 5.11 Å². The number of urea groups is 1. The molecule has 5 nitrogen and oxygen atoms in total. The number of hydrogen-bond donors (Lipinski definition) is 2. The Morgan fingerprint density at radius 3 is 2.39 bits per heavy atom. The van der Waals surface area contributed by atoms with Crippen LogP contribution in [0.5, 0.6) is 0 Å². The molecule has 5 heteroatoms. The van der Waals surface area contributed by atoms with Gasteiger partial charge in [0.15, 0.2) is 0 Å². The number of carboxylic acid groups (broad SMARTS) is 1. The van der Waals surface area contributed by atoms with Gasteiger partial charge in [0.2, 0.25) is 0 Å². The fourth-order valence-corrected chi connectivity index (χ4v) is 2.16. The Bertz CT molecular complexity index is 311. The van der Waals surface area contributed by atoms with E-state index < -0.39 is 5.97 Å². The molecule has 0 bridgehead atoms. The first-order chi connectivity index (χ1) is 8.34. The predicted molar refractivity (Wildman–Crippen MR) is 69.5 cm³/mol. The Labute approximate surface area is 109 Å². The number of nitrogens with zero attached hydrogens (tertiary/aromatic N) is 1. The monoisotopic (exact) mass is 256 g/mol. The van der Waals surface area contributed by atoms with Crippen molar-refractivity contribution in [3.8, 4) is 0 Å². The number of nitrogens with one attached hydrogen (secondary N) is 1. The van der Waals surface area contributed by atoms with Gasteiger partial charge in [-0.1, -0.05) is 13.3 Å². The molecule has 1 aliphatic carbocycles. The first-order valence-electron chi connectivity index (χ1n) is 6.60. The van der Waals surface area contributed by atoms with Gasteiger partial charge < -0.3 is 15.3 Å². The Morgan fingerprint density at radius 2 is 2.00 bits per heavy atom. The van der Waals surface area contributed by atoms with Crippen molar-refractivity contribution in [2.75, 3.05) is 13.1 Å². The summed E-state index contributed by atoms with van der Waals surface area (Å²) in [5, 5.41) is 11.6. The summed E-state index contributed by atoms with van der Waals surface area (Å²) >= 11 is 0. The molecule has 2 amide bonds. The highest BCUT2D eigenvalue weighted by atomic mass is 16.4. The molecule has 0 aromatic rings. The molecule has 1 aliphatic rings. The van der Waals surface area contributed by atoms with Gasteiger partial charge in [0, 0.05) is 19.1 Å². The quantitative estimate of drug-likeness (QED) is 0.764. The second kappa shape index (κ2) is 6.07. The topological polar surface area (TPSA) is 69.6 Å². The summed E-state index contributed by atoms with van der Waals surface area (Å²) in [4.78, 5) is 24.1. The molecule has 0 saturated heterocycles. The zero-order chi connectivity index (χ0) is 13.8. The predicted octanol–water partition coefficient (Wildman–Crippen LogP) is 2.07. The van der Waals surface area contributed by atoms with Crippen LogP contribution in [0.25, 0.3) is 0 Å². The van der Waals surface area contributed by atoms with Crippen LogP contribution in [-0.4, -0.2) is 41.1 Å². The molecule has 0 spiro atoms. The maximum Gasteiger partial charge on any atom is 0.317 e. The maximum atomic E-state index is 12.0. The third kappa shape index (κ3) is 4.20. The minimum Gasteiger partial charge on any atom is -0.481 e. The van der Waals surface area contributed by atoms with Crippen molar-refractivity contribution in [3.05, 3.63) is 0 Å². The summed E-state index contributed by atoms with van der Waals surface area (Å²) in [6.45, 7) is 6.91. The molecule has 104 valence electrons. The number of amides is 2. The average molecular weight is 256 g/mol. The normalized spacial score (nSPS) is 17.1. The number of carboxylic acids is 1. The molecule has 0 unspecified atom stereocenters. The third-order valence-corrected chi connectivity index (χ3v) is 3.68. The van der Waals surface area contributed by atoms with Crippen molar-refractivity contribution in [1.82, 2.24) is 10.2 Å². The van der Waals surface area contributed by atoms with Crippen LogP contribution in [0.3, 0.4) is 0 Å². The molecule has 1 rings (SSSR count). The van der Waals surface area contributed by atoms with Gasteiger partial charge in [-0.2, -0.15) is 0 Å². The van der Waals surface area contributed by atoms with Gasteiger partial charge in [0.05, 0.1) is 6.42 Å². The number of hydrogen-bond acceptors (Lipinski definition) is 2. The van der Waals surface area contributed by atoms with E-state index in [9.17, 15) is 9.59 Å². The standard InChI is InChI=1S/C13H24N2O3/c1-10(2)15(8-5-11(16)17)12(18)14-9-13(3)6-4-7-13/h10H,4-9H2,1-3H3,(H,14,18)(H,16,17). The third-order valence-electron chi connectivity index (χ3n) is 3.68. The molecular weight excluding hydrogens is 232 g/mol. The van der Waals surface area contributed by atoms with Crippen LogP contribution in [-0.2, 0) is 4.79 Å². The highest BCUT2D eigenvalue weighted by molar-refractivity contribution is 5.75. The first kappa shape index (κ1) is 14.8. The largest absolute Gasteiger partial charge is 0.481 e. The van der Waals surface area contributed by atoms with Crippen LogP contribution >= 0.6 is 0 Å². The minimum absolute atomic E-state index is 0.0110. The van der Waals surface area contributed by atoms with E-state index in [1.54, 1.807) is 4.90 Å². The van der Waals surface area contributed by atoms with Gasteiger partial charge in [-0.05, 0) is 32.1 Å². The molecule has 0 aromatic carbocycles. The smallest absolute Gasteiger partial charge is 0.317 e. The van der Waals surface area contributed by atoms with Crippen molar-refractivity contribution >= 4 is 12.0 Å². The fraction of sp³-hybridized carbons (Fsp3) is 0.846. The molecule has 2 N–H and O–H groups in total. The number of rotatable bonds is 6. The van der Waals surface area contributed by atoms with Crippen LogP contribution in [0.4, 0.5) is 4.79 Å². The molecule has 0 aromatic heterocycles. The lowest BCUT2D eigenvalue weighted by Gasteiger charge is -2.39. The van der Waals surface area contributed by atoms with Gasteiger partial charge in [-0.25, -0.2) is 4.79 Å². The lowest BCUT2D eigenvalue weighted by atomic mass is 9.70. The number of carbonyl (C=O) groups is 2. The van der Waals surface area contributed by atoms with Crippen LogP contribution in [0.1, 0.15) is 46.5 Å². The second-order valence-electron chi connectivity index (χ2n) is 5.75. The number of carbonyl (C=O) groups excluding carboxylic acids is 1. The van der Waals surface area contributed by atoms with E-state index in [0.717, 1.165) is 12.8 Å². The summed E-state index contributed by atoms with van der Waals surface area (Å²) < 4.78 is 0. The van der Waals surface area contributed by atoms with Crippen molar-refractivity contribution in [1.29, 1.82) is 0 Å². The van der Waals surface area contributed by atoms with Crippen LogP contribution in [0, 0.1) is 5.41 Å². The maximum absolute atomic E-state index is 12.0. The molecule has 1 fully saturated rings. The van der Waals surface area contributed by atoms with Gasteiger partial charge in [0.25, 0.3) is 0 Å². The van der Waals surface area contributed by atoms with E-state index in [1.807, 2.05) is 13.8 Å². The van der Waals surface area contributed by atoms with E-state index in [2.05, 4.69) is 12.2 Å².